The number of benzene rings is 2. The lowest BCUT2D eigenvalue weighted by atomic mass is 10.1. The summed E-state index contributed by atoms with van der Waals surface area (Å²) in [6.07, 6.45) is 0. The van der Waals surface area contributed by atoms with Gasteiger partial charge in [-0.3, -0.25) is 0 Å². The van der Waals surface area contributed by atoms with Gasteiger partial charge in [0.1, 0.15) is 0 Å². The third-order valence-electron chi connectivity index (χ3n) is 2.34. The van der Waals surface area contributed by atoms with Crippen LogP contribution in [0.2, 0.25) is 0 Å². The van der Waals surface area contributed by atoms with Gasteiger partial charge < -0.3 is 0 Å². The smallest absolute Gasteiger partial charge is 0.0408 e. The topological polar surface area (TPSA) is 0 Å². The Morgan fingerprint density at radius 3 is 1.06 bits per heavy atom. The van der Waals surface area contributed by atoms with Crippen molar-refractivity contribution in [2.45, 2.75) is 0 Å². The molecule has 6 heteroatoms. The fourth-order valence-electron chi connectivity index (χ4n) is 1.51. The number of hydrogen-bond donors (Lipinski definition) is 0. The standard InChI is InChI=1S/C12H4Br6/c13-5-1-3-7(15)11(17)9(5)10-6(14)2-4-8(16)12(10)18/h1-4H. The Hall–Kier alpha value is 1.32. The molecule has 0 aromatic heterocycles. The molecule has 0 aliphatic carbocycles. The fraction of sp³-hybridized carbons (Fsp3) is 0. The van der Waals surface area contributed by atoms with Crippen molar-refractivity contribution < 1.29 is 0 Å². The molecule has 0 heterocycles. The Balaban J connectivity index is 2.85. The maximum absolute atomic E-state index is 3.63. The molecule has 0 saturated carbocycles. The third kappa shape index (κ3) is 2.98. The second kappa shape index (κ2) is 6.39. The van der Waals surface area contributed by atoms with E-state index in [1.165, 1.54) is 0 Å². The molecular weight excluding hydrogens is 624 g/mol. The van der Waals surface area contributed by atoms with Crippen molar-refractivity contribution in [2.75, 3.05) is 0 Å². The highest BCUT2D eigenvalue weighted by molar-refractivity contribution is 9.13. The van der Waals surface area contributed by atoms with Crippen LogP contribution in [-0.4, -0.2) is 0 Å². The van der Waals surface area contributed by atoms with Crippen molar-refractivity contribution >= 4 is 95.6 Å². The zero-order valence-corrected chi connectivity index (χ0v) is 18.1. The maximum atomic E-state index is 3.63. The first-order valence-corrected chi connectivity index (χ1v) is 9.46. The van der Waals surface area contributed by atoms with Gasteiger partial charge in [-0.15, -0.1) is 0 Å². The molecule has 0 N–H and O–H groups in total. The van der Waals surface area contributed by atoms with Crippen LogP contribution in [0, 0.1) is 0 Å². The zero-order valence-electron chi connectivity index (χ0n) is 8.58. The van der Waals surface area contributed by atoms with E-state index in [-0.39, 0.29) is 0 Å². The molecular formula is C12H4Br6. The van der Waals surface area contributed by atoms with Gasteiger partial charge in [-0.25, -0.2) is 0 Å². The summed E-state index contributed by atoms with van der Waals surface area (Å²) in [6, 6.07) is 8.03. The monoisotopic (exact) mass is 622 g/mol. The zero-order chi connectivity index (χ0) is 13.4. The van der Waals surface area contributed by atoms with Crippen molar-refractivity contribution in [2.24, 2.45) is 0 Å². The minimum atomic E-state index is 1.01. The van der Waals surface area contributed by atoms with E-state index in [0.717, 1.165) is 38.0 Å². The van der Waals surface area contributed by atoms with Crippen molar-refractivity contribution in [3.63, 3.8) is 0 Å². The normalized spacial score (nSPS) is 10.8. The molecule has 2 aromatic rings. The molecule has 18 heavy (non-hydrogen) atoms. The van der Waals surface area contributed by atoms with E-state index in [1.807, 2.05) is 24.3 Å². The molecule has 0 aliphatic rings. The SMILES string of the molecule is Brc1ccc(Br)c(-c2c(Br)ccc(Br)c2Br)c1Br. The first-order valence-electron chi connectivity index (χ1n) is 4.71. The fourth-order valence-corrected chi connectivity index (χ4v) is 4.85. The predicted octanol–water partition coefficient (Wildman–Crippen LogP) is 7.93. The van der Waals surface area contributed by atoms with Crippen molar-refractivity contribution in [1.29, 1.82) is 0 Å². The largest absolute Gasteiger partial charge is 0.0501 e. The van der Waals surface area contributed by atoms with Crippen molar-refractivity contribution in [3.8, 4) is 11.1 Å². The minimum Gasteiger partial charge on any atom is -0.0501 e. The van der Waals surface area contributed by atoms with Crippen LogP contribution >= 0.6 is 95.6 Å². The van der Waals surface area contributed by atoms with E-state index in [1.54, 1.807) is 0 Å². The van der Waals surface area contributed by atoms with E-state index in [0.29, 0.717) is 0 Å². The van der Waals surface area contributed by atoms with Crippen LogP contribution in [0.25, 0.3) is 11.1 Å². The van der Waals surface area contributed by atoms with E-state index in [9.17, 15) is 0 Å². The molecule has 2 rings (SSSR count). The molecule has 94 valence electrons. The van der Waals surface area contributed by atoms with Gasteiger partial charge in [0.05, 0.1) is 0 Å². The van der Waals surface area contributed by atoms with Crippen LogP contribution in [0.5, 0.6) is 0 Å². The van der Waals surface area contributed by atoms with E-state index in [2.05, 4.69) is 95.6 Å². The van der Waals surface area contributed by atoms with Gasteiger partial charge in [0.15, 0.2) is 0 Å². The number of rotatable bonds is 1. The molecule has 0 atom stereocenters. The van der Waals surface area contributed by atoms with Crippen LogP contribution in [-0.2, 0) is 0 Å². The summed E-state index contributed by atoms with van der Waals surface area (Å²) in [6.45, 7) is 0. The Morgan fingerprint density at radius 2 is 0.722 bits per heavy atom. The summed E-state index contributed by atoms with van der Waals surface area (Å²) >= 11 is 21.5. The number of halogens is 6. The second-order valence-electron chi connectivity index (χ2n) is 3.44. The summed E-state index contributed by atoms with van der Waals surface area (Å²) in [5.74, 6) is 0. The summed E-state index contributed by atoms with van der Waals surface area (Å²) in [5, 5.41) is 0. The highest BCUT2D eigenvalue weighted by Crippen LogP contribution is 2.47. The molecule has 2 aromatic carbocycles. The van der Waals surface area contributed by atoms with Gasteiger partial charge in [-0.1, -0.05) is 31.9 Å². The lowest BCUT2D eigenvalue weighted by molar-refractivity contribution is 1.46. The average molecular weight is 628 g/mol. The first kappa shape index (κ1) is 15.7. The maximum Gasteiger partial charge on any atom is 0.0408 e. The average Bonchev–Trinajstić information content (AvgIpc) is 2.33. The highest BCUT2D eigenvalue weighted by atomic mass is 79.9. The van der Waals surface area contributed by atoms with E-state index in [4.69, 9.17) is 0 Å². The van der Waals surface area contributed by atoms with Gasteiger partial charge in [-0.05, 0) is 88.0 Å². The lowest BCUT2D eigenvalue weighted by Gasteiger charge is -2.14. The third-order valence-corrected chi connectivity index (χ3v) is 7.69. The van der Waals surface area contributed by atoms with Crippen molar-refractivity contribution in [3.05, 3.63) is 51.1 Å². The van der Waals surface area contributed by atoms with Gasteiger partial charge in [-0.2, -0.15) is 0 Å². The van der Waals surface area contributed by atoms with E-state index >= 15 is 0 Å². The van der Waals surface area contributed by atoms with Crippen LogP contribution in [0.4, 0.5) is 0 Å². The molecule has 0 nitrogen and oxygen atoms in total. The van der Waals surface area contributed by atoms with Crippen LogP contribution in [0.1, 0.15) is 0 Å². The molecule has 0 saturated heterocycles. The second-order valence-corrected chi connectivity index (χ2v) is 8.44. The Kier molecular flexibility index (Phi) is 5.58. The molecule has 0 amide bonds. The molecule has 0 radical (unpaired) electrons. The quantitative estimate of drug-likeness (QED) is 0.282. The van der Waals surface area contributed by atoms with Gasteiger partial charge >= 0.3 is 0 Å². The van der Waals surface area contributed by atoms with Gasteiger partial charge in [0, 0.05) is 38.0 Å². The Labute approximate surface area is 156 Å². The van der Waals surface area contributed by atoms with Crippen LogP contribution < -0.4 is 0 Å². The van der Waals surface area contributed by atoms with Crippen molar-refractivity contribution in [1.82, 2.24) is 0 Å². The predicted molar refractivity (Wildman–Crippen MR) is 98.1 cm³/mol. The summed E-state index contributed by atoms with van der Waals surface area (Å²) in [5.41, 5.74) is 2.17. The Morgan fingerprint density at radius 1 is 0.444 bits per heavy atom. The van der Waals surface area contributed by atoms with Crippen LogP contribution in [0.15, 0.2) is 51.1 Å². The molecule has 0 aliphatic heterocycles. The van der Waals surface area contributed by atoms with Crippen LogP contribution in [0.3, 0.4) is 0 Å². The molecule has 0 bridgehead atoms. The molecule has 0 unspecified atom stereocenters. The lowest BCUT2D eigenvalue weighted by Crippen LogP contribution is -1.88. The molecule has 0 fully saturated rings. The van der Waals surface area contributed by atoms with Gasteiger partial charge in [0.2, 0.25) is 0 Å². The van der Waals surface area contributed by atoms with E-state index < -0.39 is 0 Å². The van der Waals surface area contributed by atoms with Gasteiger partial charge in [0.25, 0.3) is 0 Å². The number of hydrogen-bond acceptors (Lipinski definition) is 0. The highest BCUT2D eigenvalue weighted by Gasteiger charge is 2.17. The minimum absolute atomic E-state index is 1.01. The Bertz CT molecular complexity index is 565. The summed E-state index contributed by atoms with van der Waals surface area (Å²) < 4.78 is 6.10. The summed E-state index contributed by atoms with van der Waals surface area (Å²) in [4.78, 5) is 0. The summed E-state index contributed by atoms with van der Waals surface area (Å²) in [7, 11) is 0. The first-order chi connectivity index (χ1) is 8.43. The molecule has 0 spiro atoms.